The van der Waals surface area contributed by atoms with Gasteiger partial charge in [-0.05, 0) is 37.6 Å². The molecule has 0 fully saturated rings. The summed E-state index contributed by atoms with van der Waals surface area (Å²) in [5.41, 5.74) is 1.07. The van der Waals surface area contributed by atoms with Gasteiger partial charge >= 0.3 is 0 Å². The highest BCUT2D eigenvalue weighted by Crippen LogP contribution is 2.35. The average Bonchev–Trinajstić information content (AvgIpc) is 2.79. The third-order valence-electron chi connectivity index (χ3n) is 3.67. The Morgan fingerprint density at radius 2 is 1.79 bits per heavy atom. The SMILES string of the molecule is CC1(C)N=C(SCc2ccccc2)N(c2ccc(Cl)c(Cl)c2)C1=O. The van der Waals surface area contributed by atoms with Gasteiger partial charge in [-0.25, -0.2) is 4.99 Å². The molecule has 1 amide bonds. The Bertz CT molecular complexity index is 806. The molecule has 0 spiro atoms. The van der Waals surface area contributed by atoms with Crippen molar-refractivity contribution in [3.8, 4) is 0 Å². The zero-order valence-corrected chi connectivity index (χ0v) is 15.6. The van der Waals surface area contributed by atoms with E-state index in [1.54, 1.807) is 23.1 Å². The van der Waals surface area contributed by atoms with Crippen LogP contribution in [0.3, 0.4) is 0 Å². The lowest BCUT2D eigenvalue weighted by molar-refractivity contribution is -0.120. The van der Waals surface area contributed by atoms with Crippen molar-refractivity contribution < 1.29 is 4.79 Å². The van der Waals surface area contributed by atoms with Crippen LogP contribution in [0.5, 0.6) is 0 Å². The third-order valence-corrected chi connectivity index (χ3v) is 5.41. The Morgan fingerprint density at radius 3 is 2.46 bits per heavy atom. The van der Waals surface area contributed by atoms with E-state index in [0.29, 0.717) is 20.9 Å². The predicted octanol–water partition coefficient (Wildman–Crippen LogP) is 5.41. The van der Waals surface area contributed by atoms with Crippen LogP contribution in [0.2, 0.25) is 10.0 Å². The normalized spacial score (nSPS) is 16.4. The molecule has 1 aliphatic rings. The van der Waals surface area contributed by atoms with Gasteiger partial charge in [0.25, 0.3) is 5.91 Å². The van der Waals surface area contributed by atoms with E-state index < -0.39 is 5.54 Å². The van der Waals surface area contributed by atoms with E-state index in [9.17, 15) is 4.79 Å². The summed E-state index contributed by atoms with van der Waals surface area (Å²) in [5, 5.41) is 1.55. The molecule has 24 heavy (non-hydrogen) atoms. The molecule has 2 aromatic carbocycles. The molecular weight excluding hydrogens is 363 g/mol. The molecule has 6 heteroatoms. The van der Waals surface area contributed by atoms with Gasteiger partial charge in [-0.3, -0.25) is 9.69 Å². The number of rotatable bonds is 3. The van der Waals surface area contributed by atoms with Crippen LogP contribution < -0.4 is 4.90 Å². The van der Waals surface area contributed by atoms with Crippen LogP contribution in [-0.2, 0) is 10.5 Å². The highest BCUT2D eigenvalue weighted by Gasteiger charge is 2.42. The summed E-state index contributed by atoms with van der Waals surface area (Å²) in [5.74, 6) is 0.664. The van der Waals surface area contributed by atoms with E-state index in [0.717, 1.165) is 5.75 Å². The fraction of sp³-hybridized carbons (Fsp3) is 0.222. The molecule has 0 bridgehead atoms. The van der Waals surface area contributed by atoms with E-state index in [1.807, 2.05) is 32.0 Å². The number of nitrogens with zero attached hydrogens (tertiary/aromatic N) is 2. The molecule has 2 aromatic rings. The first-order valence-corrected chi connectivity index (χ1v) is 9.19. The van der Waals surface area contributed by atoms with Gasteiger partial charge in [0.2, 0.25) is 0 Å². The van der Waals surface area contributed by atoms with Gasteiger partial charge in [-0.15, -0.1) is 0 Å². The summed E-state index contributed by atoms with van der Waals surface area (Å²) in [6, 6.07) is 15.3. The van der Waals surface area contributed by atoms with Crippen LogP contribution in [-0.4, -0.2) is 16.6 Å². The van der Waals surface area contributed by atoms with Crippen molar-refractivity contribution in [2.75, 3.05) is 4.90 Å². The average molecular weight is 379 g/mol. The maximum Gasteiger partial charge on any atom is 0.260 e. The van der Waals surface area contributed by atoms with E-state index in [1.165, 1.54) is 17.3 Å². The quantitative estimate of drug-likeness (QED) is 0.715. The van der Waals surface area contributed by atoms with Crippen molar-refractivity contribution in [3.05, 3.63) is 64.1 Å². The molecule has 1 heterocycles. The minimum atomic E-state index is -0.787. The van der Waals surface area contributed by atoms with Crippen molar-refractivity contribution in [1.29, 1.82) is 0 Å². The molecule has 0 unspecified atom stereocenters. The number of halogens is 2. The van der Waals surface area contributed by atoms with Crippen molar-refractivity contribution in [2.45, 2.75) is 25.1 Å². The largest absolute Gasteiger partial charge is 0.271 e. The highest BCUT2D eigenvalue weighted by molar-refractivity contribution is 8.13. The summed E-state index contributed by atoms with van der Waals surface area (Å²) < 4.78 is 0. The Balaban J connectivity index is 1.89. The first kappa shape index (κ1) is 17.3. The molecule has 3 nitrogen and oxygen atoms in total. The van der Waals surface area contributed by atoms with Crippen LogP contribution in [0.4, 0.5) is 5.69 Å². The summed E-state index contributed by atoms with van der Waals surface area (Å²) >= 11 is 13.6. The van der Waals surface area contributed by atoms with Gasteiger partial charge < -0.3 is 0 Å². The molecule has 124 valence electrons. The number of thioether (sulfide) groups is 1. The number of amidine groups is 1. The molecule has 0 saturated carbocycles. The maximum absolute atomic E-state index is 12.8. The fourth-order valence-corrected chi connectivity index (χ4v) is 3.76. The minimum Gasteiger partial charge on any atom is -0.271 e. The predicted molar refractivity (Wildman–Crippen MR) is 103 cm³/mol. The Hall–Kier alpha value is -1.49. The first-order chi connectivity index (χ1) is 11.4. The standard InChI is InChI=1S/C18H16Cl2N2OS/c1-18(2)16(23)22(13-8-9-14(19)15(20)10-13)17(21-18)24-11-12-6-4-3-5-7-12/h3-10H,11H2,1-2H3. The molecule has 3 rings (SSSR count). The van der Waals surface area contributed by atoms with E-state index in [4.69, 9.17) is 23.2 Å². The fourth-order valence-electron chi connectivity index (χ4n) is 2.37. The molecule has 0 radical (unpaired) electrons. The number of anilines is 1. The number of hydrogen-bond donors (Lipinski definition) is 0. The molecule has 0 aromatic heterocycles. The number of aliphatic imine (C=N–C) groups is 1. The monoisotopic (exact) mass is 378 g/mol. The maximum atomic E-state index is 12.8. The van der Waals surface area contributed by atoms with Crippen LogP contribution in [0, 0.1) is 0 Å². The number of hydrogen-bond acceptors (Lipinski definition) is 3. The Kier molecular flexibility index (Phi) is 4.90. The van der Waals surface area contributed by atoms with Gasteiger partial charge in [-0.1, -0.05) is 65.3 Å². The lowest BCUT2D eigenvalue weighted by Gasteiger charge is -2.21. The van der Waals surface area contributed by atoms with Crippen LogP contribution in [0.1, 0.15) is 19.4 Å². The lowest BCUT2D eigenvalue weighted by Crippen LogP contribution is -2.38. The molecule has 1 aliphatic heterocycles. The first-order valence-electron chi connectivity index (χ1n) is 7.45. The molecular formula is C18H16Cl2N2OS. The Labute approximate surface area is 155 Å². The Morgan fingerprint density at radius 1 is 1.08 bits per heavy atom. The molecule has 0 saturated heterocycles. The van der Waals surface area contributed by atoms with Gasteiger partial charge in [0.05, 0.1) is 15.7 Å². The van der Waals surface area contributed by atoms with Crippen molar-refractivity contribution in [3.63, 3.8) is 0 Å². The number of amides is 1. The summed E-state index contributed by atoms with van der Waals surface area (Å²) in [6.45, 7) is 3.63. The van der Waals surface area contributed by atoms with Crippen LogP contribution >= 0.6 is 35.0 Å². The molecule has 0 aliphatic carbocycles. The van der Waals surface area contributed by atoms with Crippen LogP contribution in [0.15, 0.2) is 53.5 Å². The van der Waals surface area contributed by atoms with Crippen molar-refractivity contribution >= 4 is 51.7 Å². The smallest absolute Gasteiger partial charge is 0.260 e. The number of carbonyl (C=O) groups excluding carboxylic acids is 1. The highest BCUT2D eigenvalue weighted by atomic mass is 35.5. The number of benzene rings is 2. The summed E-state index contributed by atoms with van der Waals surface area (Å²) in [7, 11) is 0. The van der Waals surface area contributed by atoms with Crippen molar-refractivity contribution in [2.24, 2.45) is 4.99 Å². The summed E-state index contributed by atoms with van der Waals surface area (Å²) in [6.07, 6.45) is 0. The zero-order chi connectivity index (χ0) is 17.3. The number of carbonyl (C=O) groups is 1. The summed E-state index contributed by atoms with van der Waals surface area (Å²) in [4.78, 5) is 19.0. The van der Waals surface area contributed by atoms with E-state index in [-0.39, 0.29) is 5.91 Å². The molecule has 0 N–H and O–H groups in total. The molecule has 0 atom stereocenters. The van der Waals surface area contributed by atoms with E-state index >= 15 is 0 Å². The third kappa shape index (κ3) is 3.46. The van der Waals surface area contributed by atoms with E-state index in [2.05, 4.69) is 17.1 Å². The van der Waals surface area contributed by atoms with Gasteiger partial charge in [0, 0.05) is 5.75 Å². The van der Waals surface area contributed by atoms with Crippen LogP contribution in [0.25, 0.3) is 0 Å². The second-order valence-electron chi connectivity index (χ2n) is 5.97. The van der Waals surface area contributed by atoms with Gasteiger partial charge in [-0.2, -0.15) is 0 Å². The lowest BCUT2D eigenvalue weighted by atomic mass is 10.1. The minimum absolute atomic E-state index is 0.0727. The van der Waals surface area contributed by atoms with Gasteiger partial charge in [0.15, 0.2) is 5.17 Å². The second-order valence-corrected chi connectivity index (χ2v) is 7.72. The topological polar surface area (TPSA) is 32.7 Å². The second kappa shape index (κ2) is 6.79. The van der Waals surface area contributed by atoms with Gasteiger partial charge in [0.1, 0.15) is 5.54 Å². The zero-order valence-electron chi connectivity index (χ0n) is 13.3. The van der Waals surface area contributed by atoms with Crippen molar-refractivity contribution in [1.82, 2.24) is 0 Å².